The van der Waals surface area contributed by atoms with Crippen LogP contribution in [-0.4, -0.2) is 65.8 Å². The van der Waals surface area contributed by atoms with E-state index >= 15 is 0 Å². The minimum Gasteiger partial charge on any atom is -0.424 e. The molecule has 0 radical (unpaired) electrons. The topological polar surface area (TPSA) is 320 Å². The first-order valence-electron chi connectivity index (χ1n) is 45.8. The molecule has 20 bridgehead atoms. The Morgan fingerprint density at radius 1 is 0.192 bits per heavy atom. The van der Waals surface area contributed by atoms with E-state index in [1.54, 1.807) is 0 Å². The maximum atomic E-state index is 13.3. The maximum Gasteiger partial charge on any atom is 0.524 e. The molecule has 0 spiro atoms. The monoisotopic (exact) mass is 1840 g/mol. The molecule has 0 fully saturated rings. The lowest BCUT2D eigenvalue weighted by molar-refractivity contribution is 0.275. The fourth-order valence-electron chi connectivity index (χ4n) is 30.9. The van der Waals surface area contributed by atoms with Crippen molar-refractivity contribution in [2.45, 2.75) is 183 Å². The summed E-state index contributed by atoms with van der Waals surface area (Å²) in [6.45, 7) is 4.93. The molecule has 130 heavy (non-hydrogen) atoms. The van der Waals surface area contributed by atoms with Crippen molar-refractivity contribution < 1.29 is 93.7 Å². The first-order valence-corrected chi connectivity index (χ1v) is 56.9. The molecule has 0 heterocycles. The molecule has 4 unspecified atom stereocenters. The van der Waals surface area contributed by atoms with E-state index in [2.05, 4.69) is 170 Å². The van der Waals surface area contributed by atoms with Crippen molar-refractivity contribution in [1.29, 1.82) is 0 Å². The lowest BCUT2D eigenvalue weighted by Crippen LogP contribution is -2.16. The van der Waals surface area contributed by atoms with Gasteiger partial charge in [0.1, 0.15) is 34.5 Å². The van der Waals surface area contributed by atoms with Crippen LogP contribution in [0, 0.1) is 0 Å². The predicted octanol–water partition coefficient (Wildman–Crippen LogP) is 22.9. The van der Waals surface area contributed by atoms with Gasteiger partial charge in [0.05, 0.1) is 0 Å². The maximum absolute atomic E-state index is 13.3. The highest BCUT2D eigenvalue weighted by molar-refractivity contribution is 7.53. The smallest absolute Gasteiger partial charge is 0.424 e. The molecule has 0 saturated carbocycles. The minimum atomic E-state index is -5.03. The normalized spacial score (nSPS) is 30.7. The number of rotatable bonds is 12. The summed E-state index contributed by atoms with van der Waals surface area (Å²) in [5, 5.41) is 0. The molecule has 26 heteroatoms. The lowest BCUT2D eigenvalue weighted by Gasteiger charge is -2.33. The number of hydrogen-bond donors (Lipinski definition) is 8. The minimum absolute atomic E-state index is 0.0512. The summed E-state index contributed by atoms with van der Waals surface area (Å²) >= 11 is 0. The Bertz CT molecular complexity index is 6500. The Kier molecular flexibility index (Phi) is 15.4. The zero-order valence-electron chi connectivity index (χ0n) is 70.9. The van der Waals surface area contributed by atoms with E-state index in [-0.39, 0.29) is 82.5 Å². The van der Waals surface area contributed by atoms with Gasteiger partial charge in [-0.1, -0.05) is 170 Å². The average Bonchev–Trinajstić information content (AvgIpc) is 1.50. The van der Waals surface area contributed by atoms with Crippen molar-refractivity contribution in [1.82, 2.24) is 0 Å². The predicted molar refractivity (Wildman–Crippen MR) is 487 cm³/mol. The highest BCUT2D eigenvalue weighted by atomic mass is 31.2. The van der Waals surface area contributed by atoms with Gasteiger partial charge in [0.25, 0.3) is 0 Å². The van der Waals surface area contributed by atoms with Crippen LogP contribution >= 0.6 is 46.0 Å². The van der Waals surface area contributed by atoms with E-state index in [0.29, 0.717) is 105 Å². The average molecular weight is 1840 g/mol. The van der Waals surface area contributed by atoms with Crippen molar-refractivity contribution in [3.63, 3.8) is 0 Å². The third kappa shape index (κ3) is 10.6. The molecule has 20 aliphatic carbocycles. The first-order chi connectivity index (χ1) is 62.2. The van der Waals surface area contributed by atoms with E-state index in [0.717, 1.165) is 118 Å². The second-order valence-corrected chi connectivity index (χ2v) is 50.5. The number of hydrogen-bond acceptors (Lipinski definition) is 12. The molecular formula is C104H88O20P6. The summed E-state index contributed by atoms with van der Waals surface area (Å²) in [4.78, 5) is 83.4. The number of allylic oxidation sites excluding steroid dienone is 4. The number of fused-ring (bicyclic) bond motifs is 74. The highest BCUT2D eigenvalue weighted by Crippen LogP contribution is 2.78. The van der Waals surface area contributed by atoms with Crippen LogP contribution in [0.5, 0.6) is 34.5 Å². The Balaban J connectivity index is 0.000000102. The van der Waals surface area contributed by atoms with Gasteiger partial charge in [-0.2, -0.15) is 0 Å². The van der Waals surface area contributed by atoms with Crippen molar-refractivity contribution in [2.75, 3.05) is 26.7 Å². The van der Waals surface area contributed by atoms with Gasteiger partial charge in [0.15, 0.2) is 0 Å². The molecule has 11 aromatic rings. The van der Waals surface area contributed by atoms with E-state index in [1.807, 2.05) is 0 Å². The van der Waals surface area contributed by atoms with Gasteiger partial charge in [-0.3, -0.25) is 19.6 Å². The van der Waals surface area contributed by atoms with Gasteiger partial charge in [0.2, 0.25) is 0 Å². The quantitative estimate of drug-likeness (QED) is 0.0416. The number of phosphoric ester groups is 2. The number of benzene rings is 11. The van der Waals surface area contributed by atoms with Crippen molar-refractivity contribution in [3.05, 3.63) is 370 Å². The van der Waals surface area contributed by atoms with Gasteiger partial charge < -0.3 is 46.7 Å². The molecule has 31 rings (SSSR count). The SMILES string of the molecule is CP(=O)(O)Oc1c2c(c(OP(C)(=O)O)c3c1[C@H]1C=C[C@@H]3C1)[C@H]1C=C[C@@H]2C1.CP(=O)(O)Oc1c2c(c(OP(C)(=O)O)c3c1[C@H]1C[C@@H]3c3cc4c(cc31)[C@H]1C[C@@H]4c3ccccc31)[C@H]1C[C@@H]2c2cc3c(cc21)[C@H]1C[C@@H]3c2ccccc21.O=P(O)(O)Oc1c2c(c(OP(=O)(O)O)c3c1[C@H]1C[C@@H]3c3cc4c(cc31)[C@H]1C[C@@H]4c3ccccc31)[C@H]1C[C@@H]2c2cc3c(cc21)[C@H]1C[C@@H]3c2ccccc21. The fraction of sp³-hybridized carbons (Fsp3) is 0.327. The second kappa shape index (κ2) is 25.6. The Morgan fingerprint density at radius 2 is 0.331 bits per heavy atom. The third-order valence-electron chi connectivity index (χ3n) is 34.5. The molecule has 20 nitrogen and oxygen atoms in total. The molecule has 0 aliphatic heterocycles. The summed E-state index contributed by atoms with van der Waals surface area (Å²) in [6, 6.07) is 54.0. The van der Waals surface area contributed by atoms with E-state index in [9.17, 15) is 66.5 Å². The molecule has 24 atom stereocenters. The van der Waals surface area contributed by atoms with Crippen LogP contribution in [0.15, 0.2) is 170 Å². The second-order valence-electron chi connectivity index (χ2n) is 41.0. The van der Waals surface area contributed by atoms with Gasteiger partial charge >= 0.3 is 46.0 Å². The molecule has 654 valence electrons. The highest BCUT2D eigenvalue weighted by Gasteiger charge is 2.61. The van der Waals surface area contributed by atoms with E-state index in [4.69, 9.17) is 27.1 Å². The van der Waals surface area contributed by atoms with Gasteiger partial charge in [-0.25, -0.2) is 27.4 Å². The van der Waals surface area contributed by atoms with Gasteiger partial charge in [0, 0.05) is 212 Å². The Morgan fingerprint density at radius 3 is 0.485 bits per heavy atom. The summed E-state index contributed by atoms with van der Waals surface area (Å²) in [5.41, 5.74) is 41.2. The zero-order valence-corrected chi connectivity index (χ0v) is 76.3. The van der Waals surface area contributed by atoms with Crippen molar-refractivity contribution in [3.8, 4) is 34.5 Å². The van der Waals surface area contributed by atoms with E-state index in [1.165, 1.54) is 138 Å². The molecular weight excluding hydrogens is 1750 g/mol. The molecule has 11 aromatic carbocycles. The largest absolute Gasteiger partial charge is 0.524 e. The van der Waals surface area contributed by atoms with Crippen molar-refractivity contribution >= 4 is 46.0 Å². The van der Waals surface area contributed by atoms with Crippen LogP contribution in [0.3, 0.4) is 0 Å². The molecule has 20 aliphatic rings. The van der Waals surface area contributed by atoms with Crippen molar-refractivity contribution in [2.24, 2.45) is 0 Å². The van der Waals surface area contributed by atoms with Crippen LogP contribution in [0.25, 0.3) is 0 Å². The van der Waals surface area contributed by atoms with Gasteiger partial charge in [-0.15, -0.1) is 0 Å². The molecule has 0 saturated heterocycles. The lowest BCUT2D eigenvalue weighted by atomic mass is 9.74. The zero-order chi connectivity index (χ0) is 87.9. The molecule has 0 amide bonds. The van der Waals surface area contributed by atoms with Gasteiger partial charge in [-0.05, 0) is 198 Å². The first kappa shape index (κ1) is 78.3. The Hall–Kier alpha value is -9.24. The third-order valence-corrected chi connectivity index (χ3v) is 37.4. The number of phosphoric acid groups is 2. The summed E-state index contributed by atoms with van der Waals surface area (Å²) in [5.74, 6) is 4.38. The molecule has 0 aromatic heterocycles. The van der Waals surface area contributed by atoms with E-state index < -0.39 is 46.0 Å². The standard InChI is InChI=1S/C44H36O6P2.C42H32O8P2.C18H20O6P2/c1-51(45,46)49-43-39-35-17-37(33-15-29-25-11-23(27(29)13-31(33)35)19-7-3-5-9-21(19)25)41(39)44(50-52(2,47)48)42-38-18-36(40(42)43)32-14-28-24-12-26(30(28)16-34(32)38)22-10-6-4-8-20(22)24;43-51(44,45)49-41-37-33-15-34(30-12-26-22-9-21(25(26)11-29(30)33)17-5-1-2-6-18(17)22)38(37)42(50-52(46,47)48)40-36-16-35(39(40)41)31-13-27-23-10-24(28(27)14-32(31)36)20-8-4-3-7-19(20)23;1-25(19,20)23-17-13-9-3-5-11(7-9)15(13)18(24-26(2,21)22)16-12-6-4-10(8-12)14(16)17/h3-10,13-16,23-26,35-38H,11-12,17-18H2,1-2H3,(H,45,46)(H,47,48);1-8,11-14,21-24,33-36H,9-10,15-16H2,(H2,43,44,45)(H2,46,47,48);3-6,9-12H,7-8H2,1-2H3,(H,19,20)(H,21,22)/t23-,24+,25+,26-,35-,36+,37+,38-;21-,22+,23+,24-,33-,34+,35+,36-;9-,10+,11+,12-. The summed E-state index contributed by atoms with van der Waals surface area (Å²) < 4.78 is 112. The van der Waals surface area contributed by atoms with Crippen LogP contribution in [0.2, 0.25) is 0 Å². The Labute approximate surface area is 748 Å². The summed E-state index contributed by atoms with van der Waals surface area (Å²) in [6.07, 6.45) is 17.1. The summed E-state index contributed by atoms with van der Waals surface area (Å²) in [7, 11) is -25.5. The molecule has 8 N–H and O–H groups in total. The fourth-order valence-corrected chi connectivity index (χ4v) is 33.9. The van der Waals surface area contributed by atoms with Crippen LogP contribution in [0.4, 0.5) is 0 Å². The van der Waals surface area contributed by atoms with Crippen LogP contribution < -0.4 is 27.1 Å². The van der Waals surface area contributed by atoms with Crippen LogP contribution in [0.1, 0.15) is 383 Å². The van der Waals surface area contributed by atoms with Crippen LogP contribution in [-0.2, 0) is 27.4 Å².